The lowest BCUT2D eigenvalue weighted by atomic mass is 10.0. The number of hydrogen-bond acceptors (Lipinski definition) is 3. The van der Waals surface area contributed by atoms with Crippen molar-refractivity contribution in [1.82, 2.24) is 9.80 Å². The van der Waals surface area contributed by atoms with Crippen LogP contribution in [0, 0.1) is 0 Å². The maximum absolute atomic E-state index is 12.1. The number of aromatic hydroxyl groups is 1. The lowest BCUT2D eigenvalue weighted by Crippen LogP contribution is -2.47. The summed E-state index contributed by atoms with van der Waals surface area (Å²) in [4.78, 5) is 16.4. The van der Waals surface area contributed by atoms with E-state index in [1.54, 1.807) is 12.1 Å². The highest BCUT2D eigenvalue weighted by atomic mass is 16.3. The third-order valence-electron chi connectivity index (χ3n) is 4.90. The third kappa shape index (κ3) is 6.91. The van der Waals surface area contributed by atoms with Gasteiger partial charge in [-0.1, -0.05) is 37.8 Å². The Morgan fingerprint density at radius 3 is 2.17 bits per heavy atom. The molecule has 1 aromatic rings. The molecule has 1 N–H and O–H groups in total. The van der Waals surface area contributed by atoms with E-state index in [1.165, 1.54) is 37.7 Å². The zero-order valence-electron chi connectivity index (χ0n) is 15.0. The van der Waals surface area contributed by atoms with Gasteiger partial charge in [0.1, 0.15) is 5.75 Å². The number of piperazine rings is 1. The lowest BCUT2D eigenvalue weighted by molar-refractivity contribution is -0.132. The molecule has 0 aliphatic carbocycles. The van der Waals surface area contributed by atoms with Crippen LogP contribution in [-0.2, 0) is 11.2 Å². The van der Waals surface area contributed by atoms with Gasteiger partial charge in [0.2, 0.25) is 5.91 Å². The number of carbonyl (C=O) groups is 1. The topological polar surface area (TPSA) is 43.8 Å². The molecule has 0 unspecified atom stereocenters. The normalized spacial score (nSPS) is 15.6. The Kier molecular flexibility index (Phi) is 8.10. The second kappa shape index (κ2) is 10.3. The minimum absolute atomic E-state index is 0.338. The van der Waals surface area contributed by atoms with Crippen molar-refractivity contribution in [3.05, 3.63) is 29.8 Å². The van der Waals surface area contributed by atoms with Crippen molar-refractivity contribution < 1.29 is 9.90 Å². The summed E-state index contributed by atoms with van der Waals surface area (Å²) in [5, 5.41) is 9.25. The summed E-state index contributed by atoms with van der Waals surface area (Å²) in [5.74, 6) is 0.681. The van der Waals surface area contributed by atoms with Gasteiger partial charge in [0.05, 0.1) is 0 Å². The largest absolute Gasteiger partial charge is 0.508 e. The number of phenols is 1. The zero-order valence-corrected chi connectivity index (χ0v) is 15.0. The summed E-state index contributed by atoms with van der Waals surface area (Å²) in [6, 6.07) is 7.51. The second-order valence-electron chi connectivity index (χ2n) is 6.97. The van der Waals surface area contributed by atoms with E-state index < -0.39 is 0 Å². The maximum atomic E-state index is 12.1. The molecule has 0 aromatic heterocycles. The van der Waals surface area contributed by atoms with Crippen molar-refractivity contribution in [3.63, 3.8) is 0 Å². The van der Waals surface area contributed by atoms with Crippen molar-refractivity contribution in [2.24, 2.45) is 0 Å². The molecule has 4 nitrogen and oxygen atoms in total. The van der Waals surface area contributed by atoms with E-state index in [0.717, 1.165) is 45.4 Å². The highest BCUT2D eigenvalue weighted by molar-refractivity contribution is 5.76. The van der Waals surface area contributed by atoms with Crippen LogP contribution in [0.1, 0.15) is 50.5 Å². The van der Waals surface area contributed by atoms with E-state index in [-0.39, 0.29) is 0 Å². The molecule has 1 aliphatic heterocycles. The van der Waals surface area contributed by atoms with Crippen molar-refractivity contribution in [3.8, 4) is 5.75 Å². The number of benzene rings is 1. The quantitative estimate of drug-likeness (QED) is 0.705. The molecule has 4 heteroatoms. The molecule has 24 heavy (non-hydrogen) atoms. The SMILES string of the molecule is CN1CCN(C(=O)CCCCCCCCc2ccc(O)cc2)CC1. The fourth-order valence-electron chi connectivity index (χ4n) is 3.19. The molecule has 0 radical (unpaired) electrons. The van der Waals surface area contributed by atoms with Crippen LogP contribution < -0.4 is 0 Å². The van der Waals surface area contributed by atoms with Crippen LogP contribution in [0.25, 0.3) is 0 Å². The Morgan fingerprint density at radius 2 is 1.50 bits per heavy atom. The highest BCUT2D eigenvalue weighted by Gasteiger charge is 2.18. The number of unbranched alkanes of at least 4 members (excludes halogenated alkanes) is 5. The molecule has 1 aromatic carbocycles. The molecular weight excluding hydrogens is 300 g/mol. The molecule has 0 bridgehead atoms. The molecule has 0 spiro atoms. The average molecular weight is 332 g/mol. The minimum atomic E-state index is 0.338. The molecule has 134 valence electrons. The lowest BCUT2D eigenvalue weighted by Gasteiger charge is -2.32. The summed E-state index contributed by atoms with van der Waals surface area (Å²) in [5.41, 5.74) is 1.30. The zero-order chi connectivity index (χ0) is 17.2. The molecule has 1 aliphatic rings. The highest BCUT2D eigenvalue weighted by Crippen LogP contribution is 2.14. The van der Waals surface area contributed by atoms with E-state index >= 15 is 0 Å². The summed E-state index contributed by atoms with van der Waals surface area (Å²) in [6.07, 6.45) is 8.92. The van der Waals surface area contributed by atoms with Gasteiger partial charge in [-0.3, -0.25) is 4.79 Å². The van der Waals surface area contributed by atoms with Gasteiger partial charge in [-0.05, 0) is 44.0 Å². The first-order chi connectivity index (χ1) is 11.6. The van der Waals surface area contributed by atoms with Crippen LogP contribution in [0.5, 0.6) is 5.75 Å². The molecule has 1 heterocycles. The predicted octanol–water partition coefficient (Wildman–Crippen LogP) is 3.44. The van der Waals surface area contributed by atoms with Crippen LogP contribution in [0.2, 0.25) is 0 Å². The molecule has 2 rings (SSSR count). The Hall–Kier alpha value is -1.55. The number of aryl methyl sites for hydroxylation is 1. The number of hydrogen-bond donors (Lipinski definition) is 1. The first-order valence-corrected chi connectivity index (χ1v) is 9.39. The van der Waals surface area contributed by atoms with Crippen LogP contribution >= 0.6 is 0 Å². The van der Waals surface area contributed by atoms with Crippen molar-refractivity contribution >= 4 is 5.91 Å². The number of likely N-dealkylation sites (N-methyl/N-ethyl adjacent to an activating group) is 1. The van der Waals surface area contributed by atoms with E-state index in [9.17, 15) is 9.90 Å². The van der Waals surface area contributed by atoms with Crippen molar-refractivity contribution in [2.75, 3.05) is 33.2 Å². The Balaban J connectivity index is 1.44. The molecular formula is C20H32N2O2. The van der Waals surface area contributed by atoms with Crippen LogP contribution in [-0.4, -0.2) is 54.0 Å². The van der Waals surface area contributed by atoms with Gasteiger partial charge in [0, 0.05) is 32.6 Å². The van der Waals surface area contributed by atoms with E-state index in [4.69, 9.17) is 0 Å². The average Bonchev–Trinajstić information content (AvgIpc) is 2.59. The Bertz CT molecular complexity index is 479. The van der Waals surface area contributed by atoms with E-state index in [0.29, 0.717) is 11.7 Å². The Labute approximate surface area is 146 Å². The summed E-state index contributed by atoms with van der Waals surface area (Å²) >= 11 is 0. The van der Waals surface area contributed by atoms with Gasteiger partial charge in [-0.25, -0.2) is 0 Å². The fourth-order valence-corrected chi connectivity index (χ4v) is 3.19. The van der Waals surface area contributed by atoms with E-state index in [2.05, 4.69) is 11.9 Å². The third-order valence-corrected chi connectivity index (χ3v) is 4.90. The summed E-state index contributed by atoms with van der Waals surface area (Å²) in [6.45, 7) is 3.80. The van der Waals surface area contributed by atoms with Gasteiger partial charge < -0.3 is 14.9 Å². The van der Waals surface area contributed by atoms with Gasteiger partial charge >= 0.3 is 0 Å². The first-order valence-electron chi connectivity index (χ1n) is 9.39. The molecule has 1 fully saturated rings. The van der Waals surface area contributed by atoms with Crippen LogP contribution in [0.4, 0.5) is 0 Å². The molecule has 1 amide bonds. The van der Waals surface area contributed by atoms with Gasteiger partial charge in [-0.15, -0.1) is 0 Å². The molecule has 1 saturated heterocycles. The van der Waals surface area contributed by atoms with Crippen molar-refractivity contribution in [1.29, 1.82) is 0 Å². The Morgan fingerprint density at radius 1 is 0.917 bits per heavy atom. The number of carbonyl (C=O) groups excluding carboxylic acids is 1. The van der Waals surface area contributed by atoms with Crippen molar-refractivity contribution in [2.45, 2.75) is 51.4 Å². The van der Waals surface area contributed by atoms with Gasteiger partial charge in [0.25, 0.3) is 0 Å². The van der Waals surface area contributed by atoms with E-state index in [1.807, 2.05) is 17.0 Å². The number of phenolic OH excluding ortho intramolecular Hbond substituents is 1. The fraction of sp³-hybridized carbons (Fsp3) is 0.650. The number of amides is 1. The molecule has 0 atom stereocenters. The number of nitrogens with zero attached hydrogens (tertiary/aromatic N) is 2. The first kappa shape index (κ1) is 18.8. The monoisotopic (exact) mass is 332 g/mol. The van der Waals surface area contributed by atoms with Crippen LogP contribution in [0.3, 0.4) is 0 Å². The smallest absolute Gasteiger partial charge is 0.222 e. The number of rotatable bonds is 9. The molecule has 0 saturated carbocycles. The van der Waals surface area contributed by atoms with Gasteiger partial charge in [-0.2, -0.15) is 0 Å². The second-order valence-corrected chi connectivity index (χ2v) is 6.97. The minimum Gasteiger partial charge on any atom is -0.508 e. The van der Waals surface area contributed by atoms with Crippen LogP contribution in [0.15, 0.2) is 24.3 Å². The predicted molar refractivity (Wildman–Crippen MR) is 98.2 cm³/mol. The standard InChI is InChI=1S/C20H32N2O2/c1-21-14-16-22(17-15-21)20(24)9-7-5-3-2-4-6-8-18-10-12-19(23)13-11-18/h10-13,23H,2-9,14-17H2,1H3. The van der Waals surface area contributed by atoms with Gasteiger partial charge in [0.15, 0.2) is 0 Å². The maximum Gasteiger partial charge on any atom is 0.222 e. The summed E-state index contributed by atoms with van der Waals surface area (Å²) in [7, 11) is 2.11. The summed E-state index contributed by atoms with van der Waals surface area (Å²) < 4.78 is 0.